The summed E-state index contributed by atoms with van der Waals surface area (Å²) in [5.41, 5.74) is 0.899. The number of hydrogen-bond donors (Lipinski definition) is 1. The van der Waals surface area contributed by atoms with Crippen LogP contribution in [-0.2, 0) is 0 Å². The molecule has 2 rings (SSSR count). The van der Waals surface area contributed by atoms with Crippen molar-refractivity contribution in [1.29, 1.82) is 0 Å². The van der Waals surface area contributed by atoms with Crippen LogP contribution in [0.25, 0.3) is 6.08 Å². The Labute approximate surface area is 126 Å². The molecule has 2 aromatic carbocycles. The standard InChI is InChI=1S/C16H12ClFO3/c1-21-16-8-10(3-7-15(16)20)2-6-14(19)12-5-4-11(18)9-13(12)17/h2-9,20H,1H3/b6-2+. The molecule has 0 atom stereocenters. The molecule has 3 nitrogen and oxygen atoms in total. The molecule has 0 aliphatic rings. The van der Waals surface area contributed by atoms with Crippen LogP contribution in [-0.4, -0.2) is 18.0 Å². The molecule has 0 radical (unpaired) electrons. The molecular weight excluding hydrogens is 295 g/mol. The quantitative estimate of drug-likeness (QED) is 0.683. The van der Waals surface area contributed by atoms with E-state index >= 15 is 0 Å². The summed E-state index contributed by atoms with van der Waals surface area (Å²) in [7, 11) is 1.44. The lowest BCUT2D eigenvalue weighted by molar-refractivity contribution is 0.104. The van der Waals surface area contributed by atoms with Gasteiger partial charge in [0, 0.05) is 5.56 Å². The van der Waals surface area contributed by atoms with Gasteiger partial charge in [0.2, 0.25) is 0 Å². The van der Waals surface area contributed by atoms with Crippen LogP contribution in [0.3, 0.4) is 0 Å². The number of carbonyl (C=O) groups excluding carboxylic acids is 1. The Morgan fingerprint density at radius 3 is 2.71 bits per heavy atom. The van der Waals surface area contributed by atoms with Crippen molar-refractivity contribution in [3.8, 4) is 11.5 Å². The van der Waals surface area contributed by atoms with Crippen LogP contribution in [0.2, 0.25) is 5.02 Å². The van der Waals surface area contributed by atoms with Crippen LogP contribution < -0.4 is 4.74 Å². The van der Waals surface area contributed by atoms with E-state index in [0.717, 1.165) is 6.07 Å². The Balaban J connectivity index is 2.22. The molecule has 0 aliphatic carbocycles. The van der Waals surface area contributed by atoms with Gasteiger partial charge in [-0.05, 0) is 42.0 Å². The molecule has 0 bridgehead atoms. The first kappa shape index (κ1) is 15.1. The van der Waals surface area contributed by atoms with Crippen molar-refractivity contribution >= 4 is 23.5 Å². The molecule has 0 spiro atoms. The average Bonchev–Trinajstić information content (AvgIpc) is 2.46. The summed E-state index contributed by atoms with van der Waals surface area (Å²) in [6, 6.07) is 8.29. The number of aromatic hydroxyl groups is 1. The minimum Gasteiger partial charge on any atom is -0.504 e. The summed E-state index contributed by atoms with van der Waals surface area (Å²) >= 11 is 5.83. The molecule has 0 amide bonds. The number of ketones is 1. The first-order valence-electron chi connectivity index (χ1n) is 6.05. The van der Waals surface area contributed by atoms with E-state index < -0.39 is 5.82 Å². The number of carbonyl (C=O) groups is 1. The lowest BCUT2D eigenvalue weighted by Gasteiger charge is -2.03. The van der Waals surface area contributed by atoms with Crippen LogP contribution in [0, 0.1) is 5.82 Å². The normalized spacial score (nSPS) is 10.8. The number of phenols is 1. The summed E-state index contributed by atoms with van der Waals surface area (Å²) in [6.07, 6.45) is 2.88. The maximum Gasteiger partial charge on any atom is 0.187 e. The maximum atomic E-state index is 12.9. The van der Waals surface area contributed by atoms with E-state index in [9.17, 15) is 14.3 Å². The second-order valence-electron chi connectivity index (χ2n) is 4.25. The zero-order valence-electron chi connectivity index (χ0n) is 11.1. The van der Waals surface area contributed by atoms with Gasteiger partial charge in [0.1, 0.15) is 5.82 Å². The van der Waals surface area contributed by atoms with Gasteiger partial charge in [0.05, 0.1) is 12.1 Å². The minimum absolute atomic E-state index is 0.0163. The van der Waals surface area contributed by atoms with E-state index in [1.165, 1.54) is 31.4 Å². The number of ether oxygens (including phenoxy) is 1. The van der Waals surface area contributed by atoms with Crippen LogP contribution in [0.4, 0.5) is 4.39 Å². The van der Waals surface area contributed by atoms with Gasteiger partial charge in [-0.2, -0.15) is 0 Å². The zero-order chi connectivity index (χ0) is 15.4. The molecular formula is C16H12ClFO3. The number of phenolic OH excluding ortho intramolecular Hbond substituents is 1. The molecule has 21 heavy (non-hydrogen) atoms. The molecule has 0 aliphatic heterocycles. The van der Waals surface area contributed by atoms with E-state index in [-0.39, 0.29) is 22.1 Å². The summed E-state index contributed by atoms with van der Waals surface area (Å²) < 4.78 is 17.9. The number of halogens is 2. The largest absolute Gasteiger partial charge is 0.504 e. The topological polar surface area (TPSA) is 46.5 Å². The van der Waals surface area contributed by atoms with Crippen molar-refractivity contribution in [3.63, 3.8) is 0 Å². The van der Waals surface area contributed by atoms with Crippen molar-refractivity contribution in [2.75, 3.05) is 7.11 Å². The summed E-state index contributed by atoms with van der Waals surface area (Å²) in [5.74, 6) is -0.511. The number of allylic oxidation sites excluding steroid dienone is 1. The summed E-state index contributed by atoms with van der Waals surface area (Å²) in [5, 5.41) is 9.55. The maximum absolute atomic E-state index is 12.9. The van der Waals surface area contributed by atoms with Crippen LogP contribution in [0.5, 0.6) is 11.5 Å². The molecule has 0 heterocycles. The van der Waals surface area contributed by atoms with Crippen molar-refractivity contribution in [2.45, 2.75) is 0 Å². The van der Waals surface area contributed by atoms with E-state index in [0.29, 0.717) is 11.3 Å². The summed E-state index contributed by atoms with van der Waals surface area (Å²) in [6.45, 7) is 0. The molecule has 0 fully saturated rings. The van der Waals surface area contributed by atoms with Crippen molar-refractivity contribution < 1.29 is 19.0 Å². The van der Waals surface area contributed by atoms with Gasteiger partial charge in [0.25, 0.3) is 0 Å². The SMILES string of the molecule is COc1cc(/C=C/C(=O)c2ccc(F)cc2Cl)ccc1O. The molecule has 108 valence electrons. The van der Waals surface area contributed by atoms with Crippen LogP contribution in [0.15, 0.2) is 42.5 Å². The Morgan fingerprint density at radius 1 is 1.29 bits per heavy atom. The molecule has 0 saturated carbocycles. The van der Waals surface area contributed by atoms with E-state index in [1.807, 2.05) is 0 Å². The van der Waals surface area contributed by atoms with E-state index in [2.05, 4.69) is 0 Å². The van der Waals surface area contributed by atoms with Crippen molar-refractivity contribution in [1.82, 2.24) is 0 Å². The predicted molar refractivity (Wildman–Crippen MR) is 79.4 cm³/mol. The first-order valence-corrected chi connectivity index (χ1v) is 6.43. The number of benzene rings is 2. The van der Waals surface area contributed by atoms with Crippen molar-refractivity contribution in [2.24, 2.45) is 0 Å². The minimum atomic E-state index is -0.496. The molecule has 2 aromatic rings. The third-order valence-electron chi connectivity index (χ3n) is 2.83. The van der Waals surface area contributed by atoms with Gasteiger partial charge < -0.3 is 9.84 Å². The van der Waals surface area contributed by atoms with E-state index in [1.54, 1.807) is 18.2 Å². The highest BCUT2D eigenvalue weighted by atomic mass is 35.5. The number of rotatable bonds is 4. The number of methoxy groups -OCH3 is 1. The number of hydrogen-bond acceptors (Lipinski definition) is 3. The zero-order valence-corrected chi connectivity index (χ0v) is 11.9. The van der Waals surface area contributed by atoms with Crippen molar-refractivity contribution in [3.05, 3.63) is 64.4 Å². The highest BCUT2D eigenvalue weighted by Gasteiger charge is 2.08. The third kappa shape index (κ3) is 3.61. The lowest BCUT2D eigenvalue weighted by Crippen LogP contribution is -1.96. The predicted octanol–water partition coefficient (Wildman–Crippen LogP) is 4.09. The summed E-state index contributed by atoms with van der Waals surface area (Å²) in [4.78, 5) is 12.0. The van der Waals surface area contributed by atoms with Gasteiger partial charge in [-0.1, -0.05) is 23.7 Å². The molecule has 5 heteroatoms. The molecule has 0 aromatic heterocycles. The highest BCUT2D eigenvalue weighted by Crippen LogP contribution is 2.27. The molecule has 0 saturated heterocycles. The second kappa shape index (κ2) is 6.41. The fourth-order valence-corrected chi connectivity index (χ4v) is 2.01. The fourth-order valence-electron chi connectivity index (χ4n) is 1.75. The second-order valence-corrected chi connectivity index (χ2v) is 4.66. The van der Waals surface area contributed by atoms with Crippen LogP contribution >= 0.6 is 11.6 Å². The lowest BCUT2D eigenvalue weighted by atomic mass is 10.1. The third-order valence-corrected chi connectivity index (χ3v) is 3.14. The highest BCUT2D eigenvalue weighted by molar-refractivity contribution is 6.34. The average molecular weight is 307 g/mol. The van der Waals surface area contributed by atoms with Gasteiger partial charge >= 0.3 is 0 Å². The van der Waals surface area contributed by atoms with Gasteiger partial charge in [-0.15, -0.1) is 0 Å². The Bertz CT molecular complexity index is 711. The fraction of sp³-hybridized carbons (Fsp3) is 0.0625. The molecule has 0 unspecified atom stereocenters. The Morgan fingerprint density at radius 2 is 2.05 bits per heavy atom. The van der Waals surface area contributed by atoms with Crippen LogP contribution in [0.1, 0.15) is 15.9 Å². The first-order chi connectivity index (χ1) is 10.0. The van der Waals surface area contributed by atoms with Gasteiger partial charge in [-0.25, -0.2) is 4.39 Å². The Hall–Kier alpha value is -2.33. The van der Waals surface area contributed by atoms with Gasteiger partial charge in [0.15, 0.2) is 17.3 Å². The molecule has 1 N–H and O–H groups in total. The van der Waals surface area contributed by atoms with E-state index in [4.69, 9.17) is 16.3 Å². The monoisotopic (exact) mass is 306 g/mol. The Kier molecular flexibility index (Phi) is 4.60. The van der Waals surface area contributed by atoms with Gasteiger partial charge in [-0.3, -0.25) is 4.79 Å². The smallest absolute Gasteiger partial charge is 0.187 e.